The largest absolute Gasteiger partial charge is 0.494 e. The average molecular weight is 233 g/mol. The highest BCUT2D eigenvalue weighted by Crippen LogP contribution is 2.39. The van der Waals surface area contributed by atoms with Gasteiger partial charge in [-0.3, -0.25) is 4.79 Å². The summed E-state index contributed by atoms with van der Waals surface area (Å²) in [6.07, 6.45) is 0. The van der Waals surface area contributed by atoms with Gasteiger partial charge in [-0.25, -0.2) is 0 Å². The molecule has 0 bridgehead atoms. The van der Waals surface area contributed by atoms with Crippen LogP contribution >= 0.6 is 0 Å². The molecule has 0 saturated carbocycles. The highest BCUT2D eigenvalue weighted by molar-refractivity contribution is 6.05. The maximum absolute atomic E-state index is 12.0. The zero-order chi connectivity index (χ0) is 11.8. The van der Waals surface area contributed by atoms with Crippen LogP contribution in [0.1, 0.15) is 0 Å². The molecule has 1 saturated heterocycles. The molecule has 1 amide bonds. The minimum atomic E-state index is -0.108. The van der Waals surface area contributed by atoms with Gasteiger partial charge in [0.25, 0.3) is 0 Å². The monoisotopic (exact) mass is 233 g/mol. The Morgan fingerprint density at radius 2 is 2.35 bits per heavy atom. The number of hydrogen-bond acceptors (Lipinski definition) is 4. The van der Waals surface area contributed by atoms with E-state index in [9.17, 15) is 4.79 Å². The summed E-state index contributed by atoms with van der Waals surface area (Å²) in [4.78, 5) is 14.2. The van der Waals surface area contributed by atoms with E-state index < -0.39 is 0 Å². The molecular formula is C12H15N3O2. The van der Waals surface area contributed by atoms with Gasteiger partial charge in [0.05, 0.1) is 12.8 Å². The fourth-order valence-electron chi connectivity index (χ4n) is 2.49. The van der Waals surface area contributed by atoms with Gasteiger partial charge in [0.15, 0.2) is 0 Å². The molecule has 90 valence electrons. The molecule has 5 nitrogen and oxygen atoms in total. The summed E-state index contributed by atoms with van der Waals surface area (Å²) in [6.45, 7) is 2.45. The van der Waals surface area contributed by atoms with Crippen molar-refractivity contribution < 1.29 is 9.53 Å². The van der Waals surface area contributed by atoms with Crippen LogP contribution in [0.3, 0.4) is 0 Å². The lowest BCUT2D eigenvalue weighted by Gasteiger charge is -2.41. The van der Waals surface area contributed by atoms with Crippen LogP contribution < -0.4 is 20.3 Å². The van der Waals surface area contributed by atoms with Crippen LogP contribution in [-0.2, 0) is 4.79 Å². The van der Waals surface area contributed by atoms with Gasteiger partial charge in [-0.1, -0.05) is 6.07 Å². The maximum atomic E-state index is 12.0. The molecule has 1 unspecified atom stereocenters. The number of methoxy groups -OCH3 is 1. The smallest absolute Gasteiger partial charge is 0.248 e. The highest BCUT2D eigenvalue weighted by Gasteiger charge is 2.35. The number of benzene rings is 1. The third-order valence-corrected chi connectivity index (χ3v) is 3.33. The number of para-hydroxylation sites is 1. The number of nitrogens with one attached hydrogen (secondary N) is 2. The molecule has 2 heterocycles. The van der Waals surface area contributed by atoms with Crippen molar-refractivity contribution in [2.24, 2.45) is 0 Å². The van der Waals surface area contributed by atoms with Gasteiger partial charge in [0.2, 0.25) is 5.91 Å². The first-order chi connectivity index (χ1) is 8.31. The van der Waals surface area contributed by atoms with Gasteiger partial charge in [0, 0.05) is 19.6 Å². The molecule has 0 aliphatic carbocycles. The summed E-state index contributed by atoms with van der Waals surface area (Å²) in [7, 11) is 1.62. The van der Waals surface area contributed by atoms with Crippen molar-refractivity contribution in [2.75, 3.05) is 37.0 Å². The molecule has 1 aromatic rings. The normalized spacial score (nSPS) is 22.5. The van der Waals surface area contributed by atoms with Crippen LogP contribution in [0.5, 0.6) is 5.75 Å². The van der Waals surface area contributed by atoms with E-state index in [-0.39, 0.29) is 11.9 Å². The Hall–Kier alpha value is -1.75. The molecular weight excluding hydrogens is 218 g/mol. The minimum absolute atomic E-state index is 0.0363. The van der Waals surface area contributed by atoms with Crippen LogP contribution in [0.25, 0.3) is 0 Å². The fraction of sp³-hybridized carbons (Fsp3) is 0.417. The number of nitrogens with zero attached hydrogens (tertiary/aromatic N) is 1. The number of carbonyl (C=O) groups is 1. The van der Waals surface area contributed by atoms with Crippen LogP contribution in [-0.4, -0.2) is 38.7 Å². The molecule has 0 aromatic heterocycles. The Bertz CT molecular complexity index is 461. The van der Waals surface area contributed by atoms with E-state index >= 15 is 0 Å². The number of fused-ring (bicyclic) bond motifs is 3. The first-order valence-corrected chi connectivity index (χ1v) is 5.76. The van der Waals surface area contributed by atoms with Gasteiger partial charge in [-0.15, -0.1) is 0 Å². The fourth-order valence-corrected chi connectivity index (χ4v) is 2.49. The van der Waals surface area contributed by atoms with Crippen molar-refractivity contribution in [1.82, 2.24) is 5.32 Å². The number of carbonyl (C=O) groups excluding carboxylic acids is 1. The van der Waals surface area contributed by atoms with Gasteiger partial charge in [-0.2, -0.15) is 0 Å². The Kier molecular flexibility index (Phi) is 2.40. The van der Waals surface area contributed by atoms with Crippen molar-refractivity contribution in [3.05, 3.63) is 18.2 Å². The summed E-state index contributed by atoms with van der Waals surface area (Å²) in [6, 6.07) is 5.73. The molecule has 1 aromatic carbocycles. The summed E-state index contributed by atoms with van der Waals surface area (Å²) in [5.41, 5.74) is 1.84. The highest BCUT2D eigenvalue weighted by atomic mass is 16.5. The Morgan fingerprint density at radius 1 is 1.47 bits per heavy atom. The lowest BCUT2D eigenvalue weighted by atomic mass is 10.1. The molecule has 17 heavy (non-hydrogen) atoms. The van der Waals surface area contributed by atoms with E-state index in [2.05, 4.69) is 15.5 Å². The van der Waals surface area contributed by atoms with Crippen molar-refractivity contribution in [3.63, 3.8) is 0 Å². The van der Waals surface area contributed by atoms with E-state index in [4.69, 9.17) is 4.74 Å². The molecule has 2 N–H and O–H groups in total. The molecule has 2 aliphatic rings. The zero-order valence-electron chi connectivity index (χ0n) is 9.69. The first kappa shape index (κ1) is 10.4. The van der Waals surface area contributed by atoms with Crippen molar-refractivity contribution in [3.8, 4) is 5.75 Å². The molecule has 5 heteroatoms. The average Bonchev–Trinajstić information content (AvgIpc) is 2.39. The Balaban J connectivity index is 2.08. The number of anilines is 2. The number of amides is 1. The van der Waals surface area contributed by atoms with Gasteiger partial charge in [-0.05, 0) is 12.1 Å². The van der Waals surface area contributed by atoms with Gasteiger partial charge < -0.3 is 20.3 Å². The summed E-state index contributed by atoms with van der Waals surface area (Å²) < 4.78 is 5.28. The van der Waals surface area contributed by atoms with E-state index in [0.717, 1.165) is 24.5 Å². The molecule has 0 spiro atoms. The zero-order valence-corrected chi connectivity index (χ0v) is 9.69. The van der Waals surface area contributed by atoms with Crippen molar-refractivity contribution in [2.45, 2.75) is 6.04 Å². The van der Waals surface area contributed by atoms with Crippen molar-refractivity contribution >= 4 is 17.3 Å². The van der Waals surface area contributed by atoms with E-state index in [1.165, 1.54) is 0 Å². The second-order valence-electron chi connectivity index (χ2n) is 4.26. The van der Waals surface area contributed by atoms with Gasteiger partial charge >= 0.3 is 0 Å². The van der Waals surface area contributed by atoms with Crippen LogP contribution in [0.2, 0.25) is 0 Å². The molecule has 2 aliphatic heterocycles. The molecule has 1 atom stereocenters. The third-order valence-electron chi connectivity index (χ3n) is 3.33. The van der Waals surface area contributed by atoms with Crippen LogP contribution in [0.4, 0.5) is 11.4 Å². The topological polar surface area (TPSA) is 53.6 Å². The summed E-state index contributed by atoms with van der Waals surface area (Å²) in [5.74, 6) is 0.752. The molecule has 1 fully saturated rings. The third kappa shape index (κ3) is 1.54. The Labute approximate surface area is 99.7 Å². The van der Waals surface area contributed by atoms with Crippen LogP contribution in [0.15, 0.2) is 18.2 Å². The second kappa shape index (κ2) is 3.92. The van der Waals surface area contributed by atoms with E-state index in [1.54, 1.807) is 7.11 Å². The molecule has 3 rings (SSSR count). The number of piperazine rings is 1. The predicted molar refractivity (Wildman–Crippen MR) is 65.6 cm³/mol. The lowest BCUT2D eigenvalue weighted by Crippen LogP contribution is -2.58. The lowest BCUT2D eigenvalue weighted by molar-refractivity contribution is -0.117. The maximum Gasteiger partial charge on any atom is 0.248 e. The van der Waals surface area contributed by atoms with Crippen molar-refractivity contribution in [1.29, 1.82) is 0 Å². The van der Waals surface area contributed by atoms with E-state index in [0.29, 0.717) is 12.3 Å². The Morgan fingerprint density at radius 3 is 3.18 bits per heavy atom. The number of hydrogen-bond donors (Lipinski definition) is 2. The SMILES string of the molecule is COc1cccc2c1NC(=O)C1CNCCN21. The summed E-state index contributed by atoms with van der Waals surface area (Å²) >= 11 is 0. The second-order valence-corrected chi connectivity index (χ2v) is 4.26. The first-order valence-electron chi connectivity index (χ1n) is 5.76. The minimum Gasteiger partial charge on any atom is -0.494 e. The van der Waals surface area contributed by atoms with Gasteiger partial charge in [0.1, 0.15) is 17.5 Å². The standard InChI is InChI=1S/C12H15N3O2/c1-17-10-4-2-3-8-11(10)14-12(16)9-7-13-5-6-15(8)9/h2-4,9,13H,5-7H2,1H3,(H,14,16). The number of rotatable bonds is 1. The summed E-state index contributed by atoms with van der Waals surface area (Å²) in [5, 5.41) is 6.17. The molecule has 0 radical (unpaired) electrons. The number of ether oxygens (including phenoxy) is 1. The van der Waals surface area contributed by atoms with Crippen LogP contribution in [0, 0.1) is 0 Å². The van der Waals surface area contributed by atoms with E-state index in [1.807, 2.05) is 18.2 Å². The quantitative estimate of drug-likeness (QED) is 0.738. The predicted octanol–water partition coefficient (Wildman–Crippen LogP) is 0.425.